The van der Waals surface area contributed by atoms with Crippen molar-refractivity contribution >= 4 is 11.4 Å². The second-order valence-electron chi connectivity index (χ2n) is 5.05. The van der Waals surface area contributed by atoms with E-state index in [1.165, 1.54) is 0 Å². The fraction of sp³-hybridized carbons (Fsp3) is 0.533. The first-order valence-corrected chi connectivity index (χ1v) is 6.57. The average molecular weight is 261 g/mol. The highest BCUT2D eigenvalue weighted by atomic mass is 16.5. The molecule has 0 fully saturated rings. The quantitative estimate of drug-likeness (QED) is 0.766. The Morgan fingerprint density at radius 2 is 2.16 bits per heavy atom. The van der Waals surface area contributed by atoms with Gasteiger partial charge in [-0.2, -0.15) is 5.26 Å². The number of hydrogen-bond donors (Lipinski definition) is 1. The highest BCUT2D eigenvalue weighted by molar-refractivity contribution is 5.59. The van der Waals surface area contributed by atoms with Gasteiger partial charge in [0.15, 0.2) is 0 Å². The summed E-state index contributed by atoms with van der Waals surface area (Å²) in [7, 11) is 1.71. The van der Waals surface area contributed by atoms with Gasteiger partial charge in [0.1, 0.15) is 0 Å². The van der Waals surface area contributed by atoms with Crippen LogP contribution in [0, 0.1) is 17.2 Å². The van der Waals surface area contributed by atoms with Crippen molar-refractivity contribution in [3.05, 3.63) is 23.8 Å². The van der Waals surface area contributed by atoms with Crippen molar-refractivity contribution in [3.63, 3.8) is 0 Å². The monoisotopic (exact) mass is 261 g/mol. The van der Waals surface area contributed by atoms with Gasteiger partial charge in [0.25, 0.3) is 0 Å². The smallest absolute Gasteiger partial charge is 0.0670 e. The van der Waals surface area contributed by atoms with Crippen molar-refractivity contribution in [1.29, 1.82) is 5.26 Å². The molecule has 4 nitrogen and oxygen atoms in total. The Morgan fingerprint density at radius 1 is 1.42 bits per heavy atom. The van der Waals surface area contributed by atoms with Gasteiger partial charge in [0, 0.05) is 31.6 Å². The van der Waals surface area contributed by atoms with Crippen LogP contribution in [0.15, 0.2) is 18.2 Å². The summed E-state index contributed by atoms with van der Waals surface area (Å²) in [4.78, 5) is 2.27. The number of anilines is 2. The molecule has 0 saturated carbocycles. The van der Waals surface area contributed by atoms with Crippen LogP contribution in [0.3, 0.4) is 0 Å². The summed E-state index contributed by atoms with van der Waals surface area (Å²) in [6, 6.07) is 8.05. The largest absolute Gasteiger partial charge is 0.398 e. The lowest BCUT2D eigenvalue weighted by molar-refractivity contribution is 0.204. The van der Waals surface area contributed by atoms with E-state index in [0.29, 0.717) is 24.6 Å². The molecule has 0 unspecified atom stereocenters. The van der Waals surface area contributed by atoms with Gasteiger partial charge in [0.2, 0.25) is 0 Å². The molecule has 0 aromatic heterocycles. The molecule has 0 saturated heterocycles. The van der Waals surface area contributed by atoms with Gasteiger partial charge in [0.05, 0.1) is 19.1 Å². The van der Waals surface area contributed by atoms with Crippen molar-refractivity contribution in [1.82, 2.24) is 0 Å². The van der Waals surface area contributed by atoms with Crippen LogP contribution in [0.1, 0.15) is 19.4 Å². The predicted molar refractivity (Wildman–Crippen MR) is 79.1 cm³/mol. The number of hydrogen-bond acceptors (Lipinski definition) is 4. The van der Waals surface area contributed by atoms with Crippen LogP contribution in [-0.2, 0) is 11.2 Å². The first-order valence-electron chi connectivity index (χ1n) is 6.57. The van der Waals surface area contributed by atoms with Gasteiger partial charge >= 0.3 is 0 Å². The number of rotatable bonds is 7. The third-order valence-electron chi connectivity index (χ3n) is 2.91. The number of benzene rings is 1. The van der Waals surface area contributed by atoms with Crippen molar-refractivity contribution in [2.45, 2.75) is 20.3 Å². The Kier molecular flexibility index (Phi) is 6.17. The summed E-state index contributed by atoms with van der Waals surface area (Å²) < 4.78 is 5.16. The van der Waals surface area contributed by atoms with Crippen LogP contribution in [0.5, 0.6) is 0 Å². The van der Waals surface area contributed by atoms with E-state index in [0.717, 1.165) is 24.3 Å². The lowest BCUT2D eigenvalue weighted by Gasteiger charge is -2.27. The summed E-state index contributed by atoms with van der Waals surface area (Å²) >= 11 is 0. The van der Waals surface area contributed by atoms with Crippen molar-refractivity contribution in [2.75, 3.05) is 37.4 Å². The Morgan fingerprint density at radius 3 is 2.74 bits per heavy atom. The van der Waals surface area contributed by atoms with E-state index < -0.39 is 0 Å². The zero-order chi connectivity index (χ0) is 14.3. The molecule has 1 aromatic carbocycles. The number of nitrogen functional groups attached to an aromatic ring is 1. The highest BCUT2D eigenvalue weighted by Gasteiger charge is 2.10. The van der Waals surface area contributed by atoms with Gasteiger partial charge < -0.3 is 15.4 Å². The topological polar surface area (TPSA) is 62.3 Å². The Labute approximate surface area is 115 Å². The molecule has 1 rings (SSSR count). The van der Waals surface area contributed by atoms with Gasteiger partial charge in [-0.05, 0) is 29.7 Å². The summed E-state index contributed by atoms with van der Waals surface area (Å²) in [6.07, 6.45) is 0.347. The van der Waals surface area contributed by atoms with Crippen molar-refractivity contribution < 1.29 is 4.74 Å². The van der Waals surface area contributed by atoms with Crippen molar-refractivity contribution in [3.8, 4) is 6.07 Å². The minimum Gasteiger partial charge on any atom is -0.398 e. The maximum Gasteiger partial charge on any atom is 0.0670 e. The number of nitrogens with two attached hydrogens (primary N) is 1. The summed E-state index contributed by atoms with van der Waals surface area (Å²) in [5.74, 6) is 0.564. The molecule has 0 atom stereocenters. The van der Waals surface area contributed by atoms with E-state index in [2.05, 4.69) is 24.8 Å². The molecular weight excluding hydrogens is 238 g/mol. The Bertz CT molecular complexity index is 438. The third-order valence-corrected chi connectivity index (χ3v) is 2.91. The minimum absolute atomic E-state index is 0.347. The van der Waals surface area contributed by atoms with Crippen LogP contribution in [0.4, 0.5) is 11.4 Å². The molecule has 1 aromatic rings. The van der Waals surface area contributed by atoms with Gasteiger partial charge in [-0.1, -0.05) is 13.8 Å². The van der Waals surface area contributed by atoms with Gasteiger partial charge in [-0.15, -0.1) is 0 Å². The molecular formula is C15H23N3O. The first kappa shape index (κ1) is 15.3. The Balaban J connectivity index is 2.94. The molecule has 0 radical (unpaired) electrons. The van der Waals surface area contributed by atoms with E-state index in [1.54, 1.807) is 7.11 Å². The number of methoxy groups -OCH3 is 1. The summed E-state index contributed by atoms with van der Waals surface area (Å²) in [5, 5.41) is 8.82. The van der Waals surface area contributed by atoms with Crippen molar-refractivity contribution in [2.24, 2.45) is 5.92 Å². The second-order valence-corrected chi connectivity index (χ2v) is 5.05. The molecule has 0 bridgehead atoms. The number of nitrogens with zero attached hydrogens (tertiary/aromatic N) is 2. The third kappa shape index (κ3) is 4.80. The molecule has 0 aliphatic carbocycles. The van der Waals surface area contributed by atoms with E-state index >= 15 is 0 Å². The lowest BCUT2D eigenvalue weighted by Crippen LogP contribution is -2.31. The molecule has 0 heterocycles. The normalized spacial score (nSPS) is 10.5. The standard InChI is InChI=1S/C15H23N3O/c1-12(2)11-18(8-9-19-3)14-4-5-15(17)13(10-14)6-7-16/h4-5,10,12H,6,8-9,11,17H2,1-3H3. The molecule has 104 valence electrons. The molecule has 0 amide bonds. The fourth-order valence-electron chi connectivity index (χ4n) is 2.00. The molecule has 0 aliphatic heterocycles. The van der Waals surface area contributed by atoms with Crippen LogP contribution in [0.25, 0.3) is 0 Å². The number of ether oxygens (including phenoxy) is 1. The van der Waals surface area contributed by atoms with E-state index in [4.69, 9.17) is 15.7 Å². The molecule has 4 heteroatoms. The summed E-state index contributed by atoms with van der Waals surface area (Å²) in [6.45, 7) is 6.86. The highest BCUT2D eigenvalue weighted by Crippen LogP contribution is 2.22. The maximum absolute atomic E-state index is 8.82. The number of nitriles is 1. The van der Waals surface area contributed by atoms with Crippen LogP contribution in [-0.4, -0.2) is 26.8 Å². The van der Waals surface area contributed by atoms with Crippen LogP contribution >= 0.6 is 0 Å². The zero-order valence-corrected chi connectivity index (χ0v) is 12.0. The van der Waals surface area contributed by atoms with Crippen LogP contribution in [0.2, 0.25) is 0 Å². The van der Waals surface area contributed by atoms with Gasteiger partial charge in [-0.25, -0.2) is 0 Å². The van der Waals surface area contributed by atoms with E-state index in [1.807, 2.05) is 18.2 Å². The summed E-state index contributed by atoms with van der Waals surface area (Å²) in [5.41, 5.74) is 8.56. The van der Waals surface area contributed by atoms with E-state index in [9.17, 15) is 0 Å². The predicted octanol–water partition coefficient (Wildman–Crippen LogP) is 2.44. The average Bonchev–Trinajstić information content (AvgIpc) is 2.37. The van der Waals surface area contributed by atoms with Crippen LogP contribution < -0.4 is 10.6 Å². The van der Waals surface area contributed by atoms with E-state index in [-0.39, 0.29) is 0 Å². The Hall–Kier alpha value is -1.73. The molecule has 0 spiro atoms. The zero-order valence-electron chi connectivity index (χ0n) is 12.0. The molecule has 19 heavy (non-hydrogen) atoms. The minimum atomic E-state index is 0.347. The molecule has 0 aliphatic rings. The first-order chi connectivity index (χ1) is 9.08. The molecule has 2 N–H and O–H groups in total. The second kappa shape index (κ2) is 7.65. The van der Waals surface area contributed by atoms with Gasteiger partial charge in [-0.3, -0.25) is 0 Å². The fourth-order valence-corrected chi connectivity index (χ4v) is 2.00. The SMILES string of the molecule is COCCN(CC(C)C)c1ccc(N)c(CC#N)c1. The maximum atomic E-state index is 8.82. The lowest BCUT2D eigenvalue weighted by atomic mass is 10.1.